The highest BCUT2D eigenvalue weighted by atomic mass is 16.3. The zero-order chi connectivity index (χ0) is 19.2. The van der Waals surface area contributed by atoms with Gasteiger partial charge < -0.3 is 5.11 Å². The zero-order valence-electron chi connectivity index (χ0n) is 17.3. The smallest absolute Gasteiger partial charge is 0.143 e. The number of ketones is 2. The number of carbonyl (C=O) groups is 2. The van der Waals surface area contributed by atoms with Crippen LogP contribution in [0, 0.1) is 29.1 Å². The topological polar surface area (TPSA) is 54.4 Å². The highest BCUT2D eigenvalue weighted by molar-refractivity contribution is 5.88. The van der Waals surface area contributed by atoms with Gasteiger partial charge in [0.1, 0.15) is 11.6 Å². The van der Waals surface area contributed by atoms with Gasteiger partial charge in [0.2, 0.25) is 0 Å². The Morgan fingerprint density at radius 2 is 1.40 bits per heavy atom. The first-order valence-corrected chi connectivity index (χ1v) is 10.3. The summed E-state index contributed by atoms with van der Waals surface area (Å²) in [5, 5.41) is 10.5. The van der Waals surface area contributed by atoms with Crippen LogP contribution in [0.15, 0.2) is 0 Å². The molecule has 1 aliphatic carbocycles. The van der Waals surface area contributed by atoms with Crippen molar-refractivity contribution in [1.29, 1.82) is 0 Å². The van der Waals surface area contributed by atoms with Crippen LogP contribution in [0.4, 0.5) is 0 Å². The monoisotopic (exact) mass is 352 g/mol. The van der Waals surface area contributed by atoms with Crippen LogP contribution in [-0.2, 0) is 9.59 Å². The van der Waals surface area contributed by atoms with Crippen LogP contribution in [0.5, 0.6) is 0 Å². The normalized spacial score (nSPS) is 37.0. The molecule has 146 valence electrons. The fourth-order valence-corrected chi connectivity index (χ4v) is 4.35. The third-order valence-corrected chi connectivity index (χ3v) is 6.21. The van der Waals surface area contributed by atoms with Crippen molar-refractivity contribution in [2.45, 2.75) is 99.0 Å². The summed E-state index contributed by atoms with van der Waals surface area (Å²) in [6.07, 6.45) is 6.27. The molecule has 0 spiro atoms. The summed E-state index contributed by atoms with van der Waals surface area (Å²) in [5.74, 6) is 1.85. The van der Waals surface area contributed by atoms with E-state index < -0.39 is 11.5 Å². The largest absolute Gasteiger partial charge is 0.392 e. The van der Waals surface area contributed by atoms with Crippen molar-refractivity contribution in [1.82, 2.24) is 0 Å². The van der Waals surface area contributed by atoms with Gasteiger partial charge in [0.05, 0.1) is 6.10 Å². The van der Waals surface area contributed by atoms with Gasteiger partial charge in [0, 0.05) is 24.2 Å². The number of aliphatic hydroxyl groups excluding tert-OH is 1. The molecule has 0 saturated heterocycles. The van der Waals surface area contributed by atoms with Crippen LogP contribution >= 0.6 is 0 Å². The van der Waals surface area contributed by atoms with E-state index >= 15 is 0 Å². The van der Waals surface area contributed by atoms with E-state index in [9.17, 15) is 14.7 Å². The van der Waals surface area contributed by atoms with Crippen LogP contribution in [0.1, 0.15) is 92.9 Å². The molecule has 0 aromatic rings. The Bertz CT molecular complexity index is 441. The van der Waals surface area contributed by atoms with Crippen molar-refractivity contribution in [2.75, 3.05) is 0 Å². The molecule has 0 aromatic heterocycles. The summed E-state index contributed by atoms with van der Waals surface area (Å²) in [6, 6.07) is 0. The lowest BCUT2D eigenvalue weighted by atomic mass is 9.73. The molecule has 3 nitrogen and oxygen atoms in total. The molecule has 1 rings (SSSR count). The summed E-state index contributed by atoms with van der Waals surface area (Å²) in [7, 11) is 0. The molecule has 25 heavy (non-hydrogen) atoms. The molecule has 1 saturated carbocycles. The molecule has 1 N–H and O–H groups in total. The van der Waals surface area contributed by atoms with Crippen LogP contribution in [-0.4, -0.2) is 22.8 Å². The van der Waals surface area contributed by atoms with Gasteiger partial charge in [-0.2, -0.15) is 0 Å². The Balaban J connectivity index is 2.86. The Kier molecular flexibility index (Phi) is 8.80. The van der Waals surface area contributed by atoms with Crippen molar-refractivity contribution < 1.29 is 14.7 Å². The molecule has 1 aliphatic rings. The van der Waals surface area contributed by atoms with Gasteiger partial charge in [0.25, 0.3) is 0 Å². The first-order valence-electron chi connectivity index (χ1n) is 10.3. The number of hydrogen-bond donors (Lipinski definition) is 1. The van der Waals surface area contributed by atoms with Gasteiger partial charge in [-0.25, -0.2) is 0 Å². The molecule has 0 heterocycles. The molecule has 1 fully saturated rings. The summed E-state index contributed by atoms with van der Waals surface area (Å²) < 4.78 is 0. The number of Topliss-reactive ketones (excluding diaryl/α,β-unsaturated/α-hetero) is 2. The second-order valence-electron chi connectivity index (χ2n) is 9.50. The Labute approximate surface area is 155 Å². The van der Waals surface area contributed by atoms with Crippen molar-refractivity contribution in [2.24, 2.45) is 29.1 Å². The van der Waals surface area contributed by atoms with Gasteiger partial charge in [-0.05, 0) is 37.0 Å². The highest BCUT2D eigenvalue weighted by Gasteiger charge is 2.39. The van der Waals surface area contributed by atoms with E-state index in [4.69, 9.17) is 0 Å². The summed E-state index contributed by atoms with van der Waals surface area (Å²) >= 11 is 0. The van der Waals surface area contributed by atoms with Crippen molar-refractivity contribution >= 4 is 11.6 Å². The maximum atomic E-state index is 12.9. The average Bonchev–Trinajstić information content (AvgIpc) is 2.51. The van der Waals surface area contributed by atoms with E-state index in [-0.39, 0.29) is 23.9 Å². The molecule has 3 heteroatoms. The highest BCUT2D eigenvalue weighted by Crippen LogP contribution is 2.32. The lowest BCUT2D eigenvalue weighted by Gasteiger charge is -2.32. The molecular weight excluding hydrogens is 312 g/mol. The van der Waals surface area contributed by atoms with Crippen LogP contribution in [0.3, 0.4) is 0 Å². The van der Waals surface area contributed by atoms with Crippen LogP contribution in [0.2, 0.25) is 0 Å². The minimum atomic E-state index is -0.882. The predicted octanol–water partition coefficient (Wildman–Crippen LogP) is 5.19. The van der Waals surface area contributed by atoms with E-state index in [1.807, 2.05) is 6.92 Å². The average molecular weight is 353 g/mol. The number of carbonyl (C=O) groups excluding carboxylic acids is 2. The molecule has 0 aromatic carbocycles. The maximum absolute atomic E-state index is 12.9. The van der Waals surface area contributed by atoms with Gasteiger partial charge in [-0.15, -0.1) is 0 Å². The minimum Gasteiger partial charge on any atom is -0.392 e. The fourth-order valence-electron chi connectivity index (χ4n) is 4.35. The molecule has 0 bridgehead atoms. The third-order valence-electron chi connectivity index (χ3n) is 6.21. The fraction of sp³-hybridized carbons (Fsp3) is 0.909. The van der Waals surface area contributed by atoms with E-state index in [1.54, 1.807) is 13.8 Å². The molecule has 0 aliphatic heterocycles. The Morgan fingerprint density at radius 3 is 2.00 bits per heavy atom. The van der Waals surface area contributed by atoms with Crippen molar-refractivity contribution in [3.63, 3.8) is 0 Å². The first-order chi connectivity index (χ1) is 11.5. The first kappa shape index (κ1) is 22.3. The lowest BCUT2D eigenvalue weighted by molar-refractivity contribution is -0.139. The molecule has 4 unspecified atom stereocenters. The SMILES string of the molecule is CC1CCCC(C)C[C@H](C)CCC(=O)CC(O)C(C)(C)C(=O)C(C)C1. The number of rotatable bonds is 0. The van der Waals surface area contributed by atoms with Crippen LogP contribution in [0.25, 0.3) is 0 Å². The third kappa shape index (κ3) is 7.21. The molecule has 5 atom stereocenters. The minimum absolute atomic E-state index is 0.0693. The number of hydrogen-bond acceptors (Lipinski definition) is 3. The summed E-state index contributed by atoms with van der Waals surface area (Å²) in [6.45, 7) is 12.3. The van der Waals surface area contributed by atoms with Gasteiger partial charge in [0.15, 0.2) is 0 Å². The zero-order valence-corrected chi connectivity index (χ0v) is 17.3. The van der Waals surface area contributed by atoms with Crippen LogP contribution < -0.4 is 0 Å². The summed E-state index contributed by atoms with van der Waals surface area (Å²) in [5.41, 5.74) is -0.855. The molecular formula is C22H40O3. The second-order valence-corrected chi connectivity index (χ2v) is 9.50. The summed E-state index contributed by atoms with van der Waals surface area (Å²) in [4.78, 5) is 25.1. The molecule has 0 radical (unpaired) electrons. The van der Waals surface area contributed by atoms with E-state index in [1.165, 1.54) is 19.3 Å². The maximum Gasteiger partial charge on any atom is 0.143 e. The van der Waals surface area contributed by atoms with Gasteiger partial charge in [-0.3, -0.25) is 9.59 Å². The quantitative estimate of drug-likeness (QED) is 0.652. The Morgan fingerprint density at radius 1 is 0.880 bits per heavy atom. The van der Waals surface area contributed by atoms with E-state index in [0.29, 0.717) is 24.2 Å². The van der Waals surface area contributed by atoms with Gasteiger partial charge in [-0.1, -0.05) is 60.8 Å². The van der Waals surface area contributed by atoms with E-state index in [0.717, 1.165) is 19.3 Å². The lowest BCUT2D eigenvalue weighted by Crippen LogP contribution is -2.41. The van der Waals surface area contributed by atoms with Gasteiger partial charge >= 0.3 is 0 Å². The number of aliphatic hydroxyl groups is 1. The molecule has 0 amide bonds. The second kappa shape index (κ2) is 9.85. The van der Waals surface area contributed by atoms with E-state index in [2.05, 4.69) is 20.8 Å². The standard InChI is InChI=1S/C22H40O3/c1-15-8-7-9-16(2)13-18(4)21(25)22(5,6)20(24)14-19(23)11-10-17(3)12-15/h15-18,20,24H,7-14H2,1-6H3/t15?,16?,17-,18?,20?/m1/s1. The van der Waals surface area contributed by atoms with Crippen molar-refractivity contribution in [3.8, 4) is 0 Å². The predicted molar refractivity (Wildman–Crippen MR) is 103 cm³/mol. The Hall–Kier alpha value is -0.700. The van der Waals surface area contributed by atoms with Crippen molar-refractivity contribution in [3.05, 3.63) is 0 Å².